The van der Waals surface area contributed by atoms with Crippen LogP contribution in [-0.4, -0.2) is 25.5 Å². The molecule has 1 aliphatic rings. The van der Waals surface area contributed by atoms with Crippen LogP contribution >= 0.6 is 0 Å². The Balaban J connectivity index is 2.03. The number of benzene rings is 1. The summed E-state index contributed by atoms with van der Waals surface area (Å²) in [4.78, 5) is 4.46. The normalized spacial score (nSPS) is 17.0. The highest BCUT2D eigenvalue weighted by Crippen LogP contribution is 2.38. The summed E-state index contributed by atoms with van der Waals surface area (Å²) in [6, 6.07) is 7.99. The van der Waals surface area contributed by atoms with Crippen molar-refractivity contribution in [3.63, 3.8) is 0 Å². The standard InChI is InChI=1S/C17H20N4O/c1-2-21-13(10-17(22)8-5-9-17)14-11-6-3-4-7-12(11)19-16(18)15(14)20-21/h3-4,6-7,22H,2,5,8-10H2,1H3,(H2,18,19). The van der Waals surface area contributed by atoms with E-state index in [1.54, 1.807) is 0 Å². The molecule has 1 aliphatic carbocycles. The van der Waals surface area contributed by atoms with Crippen LogP contribution in [0.1, 0.15) is 31.9 Å². The number of anilines is 1. The average molecular weight is 296 g/mol. The maximum atomic E-state index is 10.6. The van der Waals surface area contributed by atoms with E-state index >= 15 is 0 Å². The maximum absolute atomic E-state index is 10.6. The second-order valence-electron chi connectivity index (χ2n) is 6.25. The van der Waals surface area contributed by atoms with Crippen molar-refractivity contribution in [3.8, 4) is 0 Å². The first-order chi connectivity index (χ1) is 10.6. The molecule has 3 N–H and O–H groups in total. The van der Waals surface area contributed by atoms with E-state index in [2.05, 4.69) is 23.1 Å². The van der Waals surface area contributed by atoms with Crippen LogP contribution in [-0.2, 0) is 13.0 Å². The molecule has 3 aromatic rings. The van der Waals surface area contributed by atoms with Crippen molar-refractivity contribution in [2.75, 3.05) is 5.73 Å². The zero-order valence-corrected chi connectivity index (χ0v) is 12.7. The van der Waals surface area contributed by atoms with Gasteiger partial charge in [0.05, 0.1) is 11.1 Å². The molecule has 114 valence electrons. The lowest BCUT2D eigenvalue weighted by Gasteiger charge is -2.36. The van der Waals surface area contributed by atoms with E-state index in [-0.39, 0.29) is 0 Å². The van der Waals surface area contributed by atoms with Gasteiger partial charge < -0.3 is 10.8 Å². The first kappa shape index (κ1) is 13.5. The molecule has 0 amide bonds. The predicted octanol–water partition coefficient (Wildman–Crippen LogP) is 2.64. The van der Waals surface area contributed by atoms with Gasteiger partial charge in [-0.05, 0) is 32.3 Å². The number of aliphatic hydroxyl groups is 1. The molecule has 0 bridgehead atoms. The molecule has 1 saturated carbocycles. The quantitative estimate of drug-likeness (QED) is 0.779. The summed E-state index contributed by atoms with van der Waals surface area (Å²) < 4.78 is 1.96. The van der Waals surface area contributed by atoms with E-state index in [4.69, 9.17) is 5.73 Å². The molecule has 22 heavy (non-hydrogen) atoms. The minimum atomic E-state index is -0.584. The third-order valence-electron chi connectivity index (χ3n) is 4.79. The molecule has 0 atom stereocenters. The van der Waals surface area contributed by atoms with Crippen molar-refractivity contribution in [1.29, 1.82) is 0 Å². The SMILES string of the molecule is CCn1nc2c(N)nc3ccccc3c2c1CC1(O)CCC1. The summed E-state index contributed by atoms with van der Waals surface area (Å²) in [7, 11) is 0. The molecule has 1 fully saturated rings. The molecule has 5 nitrogen and oxygen atoms in total. The summed E-state index contributed by atoms with van der Waals surface area (Å²) in [5.74, 6) is 0.461. The number of fused-ring (bicyclic) bond motifs is 3. The summed E-state index contributed by atoms with van der Waals surface area (Å²) in [5.41, 5.74) is 8.24. The van der Waals surface area contributed by atoms with E-state index in [0.29, 0.717) is 12.2 Å². The van der Waals surface area contributed by atoms with Gasteiger partial charge in [-0.1, -0.05) is 18.2 Å². The molecule has 5 heteroatoms. The van der Waals surface area contributed by atoms with Crippen LogP contribution in [0.4, 0.5) is 5.82 Å². The molecule has 2 aromatic heterocycles. The number of aromatic nitrogens is 3. The molecule has 2 heterocycles. The lowest BCUT2D eigenvalue weighted by atomic mass is 9.76. The van der Waals surface area contributed by atoms with Gasteiger partial charge in [0.15, 0.2) is 5.82 Å². The number of hydrogen-bond donors (Lipinski definition) is 2. The molecule has 0 spiro atoms. The first-order valence-corrected chi connectivity index (χ1v) is 7.87. The van der Waals surface area contributed by atoms with Crippen LogP contribution in [0.5, 0.6) is 0 Å². The monoisotopic (exact) mass is 296 g/mol. The van der Waals surface area contributed by atoms with E-state index in [0.717, 1.165) is 53.3 Å². The van der Waals surface area contributed by atoms with Gasteiger partial charge >= 0.3 is 0 Å². The van der Waals surface area contributed by atoms with Crippen LogP contribution in [0.25, 0.3) is 21.8 Å². The molecular formula is C17H20N4O. The van der Waals surface area contributed by atoms with Crippen molar-refractivity contribution >= 4 is 27.6 Å². The van der Waals surface area contributed by atoms with Crippen molar-refractivity contribution in [3.05, 3.63) is 30.0 Å². The van der Waals surface area contributed by atoms with Crippen LogP contribution in [0.15, 0.2) is 24.3 Å². The minimum absolute atomic E-state index is 0.461. The van der Waals surface area contributed by atoms with Gasteiger partial charge in [0.2, 0.25) is 0 Å². The van der Waals surface area contributed by atoms with E-state index in [1.165, 1.54) is 0 Å². The second kappa shape index (κ2) is 4.68. The lowest BCUT2D eigenvalue weighted by molar-refractivity contribution is -0.0335. The molecule has 0 saturated heterocycles. The molecule has 0 unspecified atom stereocenters. The van der Waals surface area contributed by atoms with Gasteiger partial charge in [0, 0.05) is 29.4 Å². The minimum Gasteiger partial charge on any atom is -0.389 e. The molecular weight excluding hydrogens is 276 g/mol. The number of pyridine rings is 1. The Labute approximate surface area is 128 Å². The van der Waals surface area contributed by atoms with Gasteiger partial charge in [0.25, 0.3) is 0 Å². The van der Waals surface area contributed by atoms with Gasteiger partial charge in [-0.2, -0.15) is 5.10 Å². The fourth-order valence-electron chi connectivity index (χ4n) is 3.44. The van der Waals surface area contributed by atoms with Gasteiger partial charge in [-0.3, -0.25) is 4.68 Å². The van der Waals surface area contributed by atoms with Gasteiger partial charge in [0.1, 0.15) is 5.52 Å². The highest BCUT2D eigenvalue weighted by Gasteiger charge is 2.36. The smallest absolute Gasteiger partial charge is 0.152 e. The average Bonchev–Trinajstić information content (AvgIpc) is 2.85. The van der Waals surface area contributed by atoms with Crippen molar-refractivity contribution in [2.45, 2.75) is 44.8 Å². The zero-order valence-electron chi connectivity index (χ0n) is 12.7. The van der Waals surface area contributed by atoms with Crippen LogP contribution in [0.3, 0.4) is 0 Å². The number of nitrogens with two attached hydrogens (primary N) is 1. The largest absolute Gasteiger partial charge is 0.389 e. The van der Waals surface area contributed by atoms with E-state index < -0.39 is 5.60 Å². The number of aryl methyl sites for hydroxylation is 1. The third-order valence-corrected chi connectivity index (χ3v) is 4.79. The number of nitrogen functional groups attached to an aromatic ring is 1. The highest BCUT2D eigenvalue weighted by atomic mass is 16.3. The van der Waals surface area contributed by atoms with Crippen molar-refractivity contribution < 1.29 is 5.11 Å². The van der Waals surface area contributed by atoms with E-state index in [1.807, 2.05) is 22.9 Å². The summed E-state index contributed by atoms with van der Waals surface area (Å²) in [6.45, 7) is 2.82. The maximum Gasteiger partial charge on any atom is 0.152 e. The Hall–Kier alpha value is -2.14. The number of nitrogens with zero attached hydrogens (tertiary/aromatic N) is 3. The van der Waals surface area contributed by atoms with Crippen molar-refractivity contribution in [1.82, 2.24) is 14.8 Å². The first-order valence-electron chi connectivity index (χ1n) is 7.87. The fraction of sp³-hybridized carbons (Fsp3) is 0.412. The van der Waals surface area contributed by atoms with Crippen molar-refractivity contribution in [2.24, 2.45) is 0 Å². The number of hydrogen-bond acceptors (Lipinski definition) is 4. The van der Waals surface area contributed by atoms with Crippen LogP contribution < -0.4 is 5.73 Å². The fourth-order valence-corrected chi connectivity index (χ4v) is 3.44. The third kappa shape index (κ3) is 1.89. The summed E-state index contributed by atoms with van der Waals surface area (Å²) in [6.07, 6.45) is 3.45. The molecule has 4 rings (SSSR count). The Kier molecular flexibility index (Phi) is 2.87. The topological polar surface area (TPSA) is 77.0 Å². The Morgan fingerprint density at radius 1 is 1.32 bits per heavy atom. The Morgan fingerprint density at radius 3 is 2.77 bits per heavy atom. The van der Waals surface area contributed by atoms with Gasteiger partial charge in [-0.15, -0.1) is 0 Å². The Morgan fingerprint density at radius 2 is 2.09 bits per heavy atom. The summed E-state index contributed by atoms with van der Waals surface area (Å²) >= 11 is 0. The number of para-hydroxylation sites is 1. The van der Waals surface area contributed by atoms with Crippen LogP contribution in [0.2, 0.25) is 0 Å². The number of rotatable bonds is 3. The second-order valence-corrected chi connectivity index (χ2v) is 6.25. The molecule has 1 aromatic carbocycles. The van der Waals surface area contributed by atoms with E-state index in [9.17, 15) is 5.11 Å². The highest BCUT2D eigenvalue weighted by molar-refractivity contribution is 6.09. The molecule has 0 aliphatic heterocycles. The summed E-state index contributed by atoms with van der Waals surface area (Å²) in [5, 5.41) is 17.4. The van der Waals surface area contributed by atoms with Gasteiger partial charge in [-0.25, -0.2) is 4.98 Å². The Bertz CT molecular complexity index is 864. The zero-order chi connectivity index (χ0) is 15.3. The predicted molar refractivity (Wildman–Crippen MR) is 87.6 cm³/mol. The lowest BCUT2D eigenvalue weighted by Crippen LogP contribution is -2.39. The van der Waals surface area contributed by atoms with Crippen LogP contribution in [0, 0.1) is 0 Å². The molecule has 0 radical (unpaired) electrons.